The van der Waals surface area contributed by atoms with Crippen LogP contribution in [0.3, 0.4) is 0 Å². The zero-order chi connectivity index (χ0) is 26.5. The summed E-state index contributed by atoms with van der Waals surface area (Å²) < 4.78 is 5.64. The van der Waals surface area contributed by atoms with Gasteiger partial charge in [-0.05, 0) is 44.3 Å². The molecule has 0 spiro atoms. The number of hydrogen-bond acceptors (Lipinski definition) is 8. The van der Waals surface area contributed by atoms with E-state index in [1.807, 2.05) is 32.2 Å². The van der Waals surface area contributed by atoms with Gasteiger partial charge in [-0.2, -0.15) is 0 Å². The molecular formula is C26H40INO6S. The molecule has 1 aliphatic heterocycles. The molecule has 1 saturated heterocycles. The highest BCUT2D eigenvalue weighted by atomic mass is 127. The third-order valence-corrected chi connectivity index (χ3v) is 9.28. The number of nitrogens with zero attached hydrogens (tertiary/aromatic N) is 1. The lowest BCUT2D eigenvalue weighted by Crippen LogP contribution is -2.45. The Kier molecular flexibility index (Phi) is 11.3. The molecule has 3 N–H and O–H groups in total. The fraction of sp³-hybridized carbons (Fsp3) is 0.731. The molecule has 1 aromatic rings. The van der Waals surface area contributed by atoms with Crippen LogP contribution in [-0.2, 0) is 14.3 Å². The number of aryl methyl sites for hydroxylation is 1. The number of thiazole rings is 1. The maximum absolute atomic E-state index is 13.2. The first-order valence-corrected chi connectivity index (χ1v) is 14.4. The van der Waals surface area contributed by atoms with E-state index in [0.717, 1.165) is 16.3 Å². The van der Waals surface area contributed by atoms with Crippen molar-refractivity contribution in [2.75, 3.05) is 0 Å². The first-order valence-electron chi connectivity index (χ1n) is 12.3. The monoisotopic (exact) mass is 621 g/mol. The lowest BCUT2D eigenvalue weighted by atomic mass is 9.73. The molecule has 1 aliphatic rings. The second-order valence-corrected chi connectivity index (χ2v) is 13.1. The van der Waals surface area contributed by atoms with Crippen LogP contribution in [0.15, 0.2) is 11.0 Å². The second kappa shape index (κ2) is 13.1. The number of carbonyl (C=O) groups is 2. The number of aliphatic hydroxyl groups is 3. The molecule has 0 amide bonds. The highest BCUT2D eigenvalue weighted by Gasteiger charge is 2.42. The standard InChI is InChI=1S/C26H40INO6S/c1-14-8-7-9-20(29)19(27)11-21(15(2)10-18-13-35-17(4)28-18)34-23(31)12-22(30)26(5,6)25(33)16(3)24(14)32/h10,13-14,16,19-22,24,29-30,32H,7-9,11-12H2,1-6H3/b15-10+/t14?,16?,19?,20-,21+,22?,24+/m1/s1. The summed E-state index contributed by atoms with van der Waals surface area (Å²) in [6, 6.07) is 0. The van der Waals surface area contributed by atoms with Gasteiger partial charge in [-0.3, -0.25) is 9.59 Å². The van der Waals surface area contributed by atoms with Gasteiger partial charge in [0.05, 0.1) is 40.8 Å². The number of aliphatic hydroxyl groups excluding tert-OH is 3. The summed E-state index contributed by atoms with van der Waals surface area (Å²) in [6.45, 7) is 10.6. The van der Waals surface area contributed by atoms with E-state index in [1.165, 1.54) is 11.3 Å². The SMILES string of the molecule is C/C(=C\c1csc(C)n1)[C@@H]1CC(I)[C@H](O)CCCC(C)[C@H](O)C(C)C(=O)C(C)(C)C(O)CC(=O)O1. The molecule has 7 nitrogen and oxygen atoms in total. The molecule has 0 saturated carbocycles. The third kappa shape index (κ3) is 8.31. The van der Waals surface area contributed by atoms with E-state index in [0.29, 0.717) is 25.7 Å². The average molecular weight is 622 g/mol. The predicted molar refractivity (Wildman–Crippen MR) is 146 cm³/mol. The molecular weight excluding hydrogens is 581 g/mol. The summed E-state index contributed by atoms with van der Waals surface area (Å²) in [7, 11) is 0. The highest BCUT2D eigenvalue weighted by Crippen LogP contribution is 2.33. The maximum atomic E-state index is 13.2. The van der Waals surface area contributed by atoms with Gasteiger partial charge in [0.2, 0.25) is 0 Å². The Hall–Kier alpha value is -0.880. The zero-order valence-corrected chi connectivity index (χ0v) is 24.5. The van der Waals surface area contributed by atoms with E-state index in [9.17, 15) is 24.9 Å². The van der Waals surface area contributed by atoms with Gasteiger partial charge in [-0.1, -0.05) is 56.7 Å². The Balaban J connectivity index is 2.33. The summed E-state index contributed by atoms with van der Waals surface area (Å²) in [5.41, 5.74) is 0.359. The lowest BCUT2D eigenvalue weighted by Gasteiger charge is -2.35. The van der Waals surface area contributed by atoms with Gasteiger partial charge >= 0.3 is 5.97 Å². The Morgan fingerprint density at radius 3 is 2.49 bits per heavy atom. The average Bonchev–Trinajstić information content (AvgIpc) is 3.20. The number of ether oxygens (including phenoxy) is 1. The van der Waals surface area contributed by atoms with Crippen molar-refractivity contribution in [2.45, 2.75) is 102 Å². The molecule has 2 heterocycles. The Bertz CT molecular complexity index is 900. The molecule has 4 unspecified atom stereocenters. The summed E-state index contributed by atoms with van der Waals surface area (Å²) in [5, 5.41) is 35.2. The number of rotatable bonds is 2. The Morgan fingerprint density at radius 1 is 1.23 bits per heavy atom. The van der Waals surface area contributed by atoms with Crippen molar-refractivity contribution < 1.29 is 29.6 Å². The minimum atomic E-state index is -1.26. The minimum absolute atomic E-state index is 0.140. The number of hydrogen-bond donors (Lipinski definition) is 3. The number of alkyl halides is 1. The van der Waals surface area contributed by atoms with Crippen molar-refractivity contribution in [2.24, 2.45) is 17.3 Å². The number of Topliss-reactive ketones (excluding diaryl/α,β-unsaturated/α-hetero) is 1. The van der Waals surface area contributed by atoms with E-state index in [4.69, 9.17) is 4.74 Å². The van der Waals surface area contributed by atoms with Gasteiger partial charge < -0.3 is 20.1 Å². The molecule has 0 bridgehead atoms. The van der Waals surface area contributed by atoms with Crippen molar-refractivity contribution in [3.63, 3.8) is 0 Å². The highest BCUT2D eigenvalue weighted by molar-refractivity contribution is 14.1. The van der Waals surface area contributed by atoms with Gasteiger partial charge in [0.1, 0.15) is 11.9 Å². The van der Waals surface area contributed by atoms with E-state index >= 15 is 0 Å². The lowest BCUT2D eigenvalue weighted by molar-refractivity contribution is -0.154. The number of cyclic esters (lactones) is 1. The Morgan fingerprint density at radius 2 is 1.89 bits per heavy atom. The summed E-state index contributed by atoms with van der Waals surface area (Å²) in [5.74, 6) is -1.74. The van der Waals surface area contributed by atoms with Crippen molar-refractivity contribution >= 4 is 51.8 Å². The fourth-order valence-electron chi connectivity index (χ4n) is 4.48. The Labute approximate surface area is 226 Å². The van der Waals surface area contributed by atoms with Crippen molar-refractivity contribution in [3.8, 4) is 0 Å². The maximum Gasteiger partial charge on any atom is 0.309 e. The van der Waals surface area contributed by atoms with E-state index in [2.05, 4.69) is 27.6 Å². The van der Waals surface area contributed by atoms with Crippen LogP contribution in [0.5, 0.6) is 0 Å². The molecule has 2 rings (SSSR count). The molecule has 0 aromatic carbocycles. The molecule has 0 radical (unpaired) electrons. The van der Waals surface area contributed by atoms with Crippen LogP contribution in [0, 0.1) is 24.2 Å². The second-order valence-electron chi connectivity index (χ2n) is 10.5. The van der Waals surface area contributed by atoms with Crippen LogP contribution < -0.4 is 0 Å². The molecule has 1 aromatic heterocycles. The van der Waals surface area contributed by atoms with Crippen molar-refractivity contribution in [1.82, 2.24) is 4.98 Å². The first-order chi connectivity index (χ1) is 16.2. The van der Waals surface area contributed by atoms with E-state index in [-0.39, 0.29) is 22.0 Å². The van der Waals surface area contributed by atoms with Crippen LogP contribution in [-0.4, -0.2) is 60.4 Å². The number of aromatic nitrogens is 1. The molecule has 198 valence electrons. The van der Waals surface area contributed by atoms with Gasteiger partial charge in [0.15, 0.2) is 0 Å². The van der Waals surface area contributed by atoms with E-state index < -0.39 is 41.7 Å². The molecule has 1 fully saturated rings. The van der Waals surface area contributed by atoms with Crippen LogP contribution in [0.25, 0.3) is 6.08 Å². The number of carbonyl (C=O) groups excluding carboxylic acids is 2. The summed E-state index contributed by atoms with van der Waals surface area (Å²) in [6.07, 6.45) is 0.534. The quantitative estimate of drug-likeness (QED) is 0.253. The summed E-state index contributed by atoms with van der Waals surface area (Å²) in [4.78, 5) is 30.5. The van der Waals surface area contributed by atoms with Crippen LogP contribution in [0.4, 0.5) is 0 Å². The van der Waals surface area contributed by atoms with Gasteiger partial charge in [0.25, 0.3) is 0 Å². The van der Waals surface area contributed by atoms with Gasteiger partial charge in [-0.15, -0.1) is 11.3 Å². The van der Waals surface area contributed by atoms with Crippen LogP contribution in [0.1, 0.15) is 77.4 Å². The van der Waals surface area contributed by atoms with Crippen LogP contribution in [0.2, 0.25) is 0 Å². The number of ketones is 1. The van der Waals surface area contributed by atoms with Gasteiger partial charge in [-0.25, -0.2) is 4.98 Å². The van der Waals surface area contributed by atoms with Crippen LogP contribution >= 0.6 is 33.9 Å². The molecule has 35 heavy (non-hydrogen) atoms. The number of esters is 1. The molecule has 9 heteroatoms. The molecule has 7 atom stereocenters. The first kappa shape index (κ1) is 30.3. The van der Waals surface area contributed by atoms with E-state index in [1.54, 1.807) is 20.8 Å². The third-order valence-electron chi connectivity index (χ3n) is 7.15. The fourth-order valence-corrected chi connectivity index (χ4v) is 5.87. The van der Waals surface area contributed by atoms with Crippen molar-refractivity contribution in [1.29, 1.82) is 0 Å². The summed E-state index contributed by atoms with van der Waals surface area (Å²) >= 11 is 3.73. The minimum Gasteiger partial charge on any atom is -0.458 e. The molecule has 0 aliphatic carbocycles. The normalized spacial score (nSPS) is 34.5. The van der Waals surface area contributed by atoms with Gasteiger partial charge in [0, 0.05) is 21.6 Å². The van der Waals surface area contributed by atoms with Crippen molar-refractivity contribution in [3.05, 3.63) is 21.7 Å². The number of halogens is 1. The smallest absolute Gasteiger partial charge is 0.309 e. The topological polar surface area (TPSA) is 117 Å². The predicted octanol–water partition coefficient (Wildman–Crippen LogP) is 4.48. The zero-order valence-electron chi connectivity index (χ0n) is 21.5. The largest absolute Gasteiger partial charge is 0.458 e.